The number of carbonyl (C=O) groups is 5. The Labute approximate surface area is 145 Å². The summed E-state index contributed by atoms with van der Waals surface area (Å²) in [5.41, 5.74) is -6.04. The largest absolute Gasteiger partial charge is 0.466 e. The molecule has 1 N–H and O–H groups in total. The normalized spacial score (nSPS) is 13.4. The van der Waals surface area contributed by atoms with Gasteiger partial charge in [-0.05, 0) is 34.6 Å². The Balaban J connectivity index is 6.56. The Morgan fingerprint density at radius 2 is 1.16 bits per heavy atom. The monoisotopic (exact) mass is 360 g/mol. The highest BCUT2D eigenvalue weighted by Crippen LogP contribution is 2.40. The average Bonchev–Trinajstić information content (AvgIpc) is 2.47. The quantitative estimate of drug-likeness (QED) is 0.323. The van der Waals surface area contributed by atoms with Crippen molar-refractivity contribution in [3.63, 3.8) is 0 Å². The number of Topliss-reactive ketones (excluding diaryl/α,β-unsaturated/α-hetero) is 2. The lowest BCUT2D eigenvalue weighted by atomic mass is 9.64. The molecule has 0 aromatic carbocycles. The topological polar surface area (TPSA) is 133 Å². The minimum absolute atomic E-state index is 0.0791. The molecule has 1 atom stereocenters. The van der Waals surface area contributed by atoms with Gasteiger partial charge < -0.3 is 19.3 Å². The zero-order chi connectivity index (χ0) is 19.8. The summed E-state index contributed by atoms with van der Waals surface area (Å²) >= 11 is 0. The molecule has 142 valence electrons. The number of ketones is 2. The van der Waals surface area contributed by atoms with Crippen LogP contribution in [0, 0.1) is 5.41 Å². The van der Waals surface area contributed by atoms with E-state index in [1.54, 1.807) is 0 Å². The first-order chi connectivity index (χ1) is 11.6. The maximum absolute atomic E-state index is 12.5. The third-order valence-corrected chi connectivity index (χ3v) is 3.58. The van der Waals surface area contributed by atoms with Crippen LogP contribution >= 0.6 is 0 Å². The van der Waals surface area contributed by atoms with Crippen molar-refractivity contribution >= 4 is 29.5 Å². The van der Waals surface area contributed by atoms with Crippen LogP contribution in [0.15, 0.2) is 0 Å². The molecule has 0 saturated heterocycles. The fraction of sp³-hybridized carbons (Fsp3) is 0.688. The van der Waals surface area contributed by atoms with Crippen molar-refractivity contribution in [3.8, 4) is 0 Å². The third-order valence-electron chi connectivity index (χ3n) is 3.58. The van der Waals surface area contributed by atoms with E-state index in [-0.39, 0.29) is 19.8 Å². The van der Waals surface area contributed by atoms with E-state index >= 15 is 0 Å². The van der Waals surface area contributed by atoms with Gasteiger partial charge in [0.05, 0.1) is 26.2 Å². The Morgan fingerprint density at radius 3 is 1.52 bits per heavy atom. The van der Waals surface area contributed by atoms with E-state index in [1.807, 2.05) is 0 Å². The van der Waals surface area contributed by atoms with Gasteiger partial charge >= 0.3 is 17.9 Å². The van der Waals surface area contributed by atoms with Crippen LogP contribution in [-0.4, -0.2) is 60.0 Å². The summed E-state index contributed by atoms with van der Waals surface area (Å²) < 4.78 is 14.1. The lowest BCUT2D eigenvalue weighted by Gasteiger charge is -2.39. The van der Waals surface area contributed by atoms with E-state index in [2.05, 4.69) is 4.74 Å². The van der Waals surface area contributed by atoms with Crippen LogP contribution in [0.2, 0.25) is 0 Å². The van der Waals surface area contributed by atoms with E-state index < -0.39 is 46.9 Å². The van der Waals surface area contributed by atoms with Crippen molar-refractivity contribution in [1.29, 1.82) is 0 Å². The minimum Gasteiger partial charge on any atom is -0.466 e. The number of hydrogen-bond donors (Lipinski definition) is 1. The number of esters is 3. The number of ether oxygens (including phenoxy) is 3. The maximum atomic E-state index is 12.5. The number of hydrogen-bond acceptors (Lipinski definition) is 9. The number of rotatable bonds is 10. The molecule has 0 radical (unpaired) electrons. The molecular formula is C16H24O9. The molecule has 1 unspecified atom stereocenters. The molecule has 9 nitrogen and oxygen atoms in total. The molecule has 0 heterocycles. The summed E-state index contributed by atoms with van der Waals surface area (Å²) in [6, 6.07) is 0. The highest BCUT2D eigenvalue weighted by atomic mass is 16.6. The SMILES string of the molecule is CCOC(=O)CC(O)(C(=O)OCC)C(C(C)=O)(C(C)=O)C(=O)OCC. The molecule has 0 aliphatic rings. The predicted octanol–water partition coefficient (Wildman–Crippen LogP) is -0.0387. The third kappa shape index (κ3) is 4.22. The Kier molecular flexibility index (Phi) is 8.41. The first-order valence-corrected chi connectivity index (χ1v) is 7.80. The van der Waals surface area contributed by atoms with Crippen LogP contribution in [0.25, 0.3) is 0 Å². The molecule has 0 saturated carbocycles. The Hall–Kier alpha value is -2.29. The van der Waals surface area contributed by atoms with Crippen molar-refractivity contribution in [3.05, 3.63) is 0 Å². The summed E-state index contributed by atoms with van der Waals surface area (Å²) in [7, 11) is 0. The molecule has 25 heavy (non-hydrogen) atoms. The molecule has 0 amide bonds. The highest BCUT2D eigenvalue weighted by molar-refractivity contribution is 6.25. The molecular weight excluding hydrogens is 336 g/mol. The number of aliphatic hydroxyl groups is 1. The molecule has 0 fully saturated rings. The molecule has 0 aliphatic carbocycles. The van der Waals surface area contributed by atoms with E-state index in [0.717, 1.165) is 13.8 Å². The summed E-state index contributed by atoms with van der Waals surface area (Å²) in [6.07, 6.45) is -1.13. The van der Waals surface area contributed by atoms with Crippen LogP contribution in [0.3, 0.4) is 0 Å². The van der Waals surface area contributed by atoms with Gasteiger partial charge in [-0.25, -0.2) is 4.79 Å². The zero-order valence-corrected chi connectivity index (χ0v) is 15.0. The van der Waals surface area contributed by atoms with Crippen LogP contribution in [-0.2, 0) is 38.2 Å². The van der Waals surface area contributed by atoms with Gasteiger partial charge in [0.1, 0.15) is 0 Å². The Bertz CT molecular complexity index is 538. The molecule has 9 heteroatoms. The molecule has 0 aromatic heterocycles. The van der Waals surface area contributed by atoms with Crippen molar-refractivity contribution in [2.24, 2.45) is 5.41 Å². The zero-order valence-electron chi connectivity index (χ0n) is 15.0. The van der Waals surface area contributed by atoms with Crippen molar-refractivity contribution in [1.82, 2.24) is 0 Å². The summed E-state index contributed by atoms with van der Waals surface area (Å²) in [5.74, 6) is -6.30. The van der Waals surface area contributed by atoms with Gasteiger partial charge in [0.15, 0.2) is 11.6 Å². The fourth-order valence-electron chi connectivity index (χ4n) is 2.56. The van der Waals surface area contributed by atoms with Gasteiger partial charge in [-0.3, -0.25) is 19.2 Å². The lowest BCUT2D eigenvalue weighted by Crippen LogP contribution is -2.66. The second-order valence-electron chi connectivity index (χ2n) is 5.15. The van der Waals surface area contributed by atoms with Crippen molar-refractivity contribution in [2.75, 3.05) is 19.8 Å². The van der Waals surface area contributed by atoms with Crippen LogP contribution < -0.4 is 0 Å². The van der Waals surface area contributed by atoms with Gasteiger partial charge in [-0.2, -0.15) is 0 Å². The molecule has 0 bridgehead atoms. The lowest BCUT2D eigenvalue weighted by molar-refractivity contribution is -0.200. The fourth-order valence-corrected chi connectivity index (χ4v) is 2.56. The second-order valence-corrected chi connectivity index (χ2v) is 5.15. The summed E-state index contributed by atoms with van der Waals surface area (Å²) in [5, 5.41) is 10.9. The number of carbonyl (C=O) groups excluding carboxylic acids is 5. The van der Waals surface area contributed by atoms with Gasteiger partial charge in [0.2, 0.25) is 11.0 Å². The predicted molar refractivity (Wildman–Crippen MR) is 83.3 cm³/mol. The second kappa shape index (κ2) is 9.26. The van der Waals surface area contributed by atoms with Crippen molar-refractivity contribution in [2.45, 2.75) is 46.6 Å². The summed E-state index contributed by atoms with van der Waals surface area (Å²) in [4.78, 5) is 61.3. The smallest absolute Gasteiger partial charge is 0.340 e. The van der Waals surface area contributed by atoms with Gasteiger partial charge in [0, 0.05) is 0 Å². The summed E-state index contributed by atoms with van der Waals surface area (Å²) in [6.45, 7) is 5.47. The van der Waals surface area contributed by atoms with Gasteiger partial charge in [0.25, 0.3) is 0 Å². The average molecular weight is 360 g/mol. The van der Waals surface area contributed by atoms with Gasteiger partial charge in [-0.1, -0.05) is 0 Å². The van der Waals surface area contributed by atoms with E-state index in [1.165, 1.54) is 20.8 Å². The van der Waals surface area contributed by atoms with E-state index in [4.69, 9.17) is 9.47 Å². The standard InChI is InChI=1S/C16H24O9/c1-6-23-12(19)9-15(22,13(20)24-7-2)16(10(4)17,11(5)18)14(21)25-8-3/h22H,6-9H2,1-5H3. The van der Waals surface area contributed by atoms with Crippen LogP contribution in [0.5, 0.6) is 0 Å². The maximum Gasteiger partial charge on any atom is 0.340 e. The van der Waals surface area contributed by atoms with Crippen LogP contribution in [0.1, 0.15) is 41.0 Å². The first kappa shape index (κ1) is 22.7. The van der Waals surface area contributed by atoms with E-state index in [9.17, 15) is 29.1 Å². The molecule has 0 spiro atoms. The molecule has 0 aliphatic heterocycles. The Morgan fingerprint density at radius 1 is 0.760 bits per heavy atom. The van der Waals surface area contributed by atoms with Crippen molar-refractivity contribution < 1.29 is 43.3 Å². The molecule has 0 rings (SSSR count). The van der Waals surface area contributed by atoms with Crippen LogP contribution in [0.4, 0.5) is 0 Å². The van der Waals surface area contributed by atoms with Gasteiger partial charge in [-0.15, -0.1) is 0 Å². The van der Waals surface area contributed by atoms with E-state index in [0.29, 0.717) is 0 Å². The minimum atomic E-state index is -3.10. The molecule has 0 aromatic rings. The first-order valence-electron chi connectivity index (χ1n) is 7.80. The highest BCUT2D eigenvalue weighted by Gasteiger charge is 2.69.